The number of ether oxygens (including phenoxy) is 2. The minimum absolute atomic E-state index is 0.128. The number of likely N-dealkylation sites (tertiary alicyclic amines) is 1. The first-order valence-corrected chi connectivity index (χ1v) is 11.3. The molecule has 4 aliphatic rings. The van der Waals surface area contributed by atoms with Gasteiger partial charge >= 0.3 is 5.97 Å². The normalized spacial score (nSPS) is 37.8. The summed E-state index contributed by atoms with van der Waals surface area (Å²) in [7, 11) is 0. The third-order valence-corrected chi connectivity index (χ3v) is 7.19. The van der Waals surface area contributed by atoms with Crippen molar-refractivity contribution in [1.29, 1.82) is 0 Å². The summed E-state index contributed by atoms with van der Waals surface area (Å²) < 4.78 is 11.9. The van der Waals surface area contributed by atoms with Gasteiger partial charge in [-0.05, 0) is 25.8 Å². The van der Waals surface area contributed by atoms with Crippen LogP contribution in [0.4, 0.5) is 0 Å². The van der Waals surface area contributed by atoms with E-state index in [-0.39, 0.29) is 25.0 Å². The first-order valence-electron chi connectivity index (χ1n) is 11.3. The average molecular weight is 433 g/mol. The van der Waals surface area contributed by atoms with E-state index in [1.807, 2.05) is 19.1 Å². The fourth-order valence-electron chi connectivity index (χ4n) is 5.70. The standard InChI is InChI=1S/C23H32N2O6/c1-4-6-11-24-12-7-10-23-16(17-21(29)30-13-8-9-22(17,3)31-23)19(27)25(15(5-2)14-26)18(23)20(24)28/h7-10,15-18,26H,4-6,11-14H2,1-3H3/t15-,16-,17+,18?,22-,23-/m0/s1. The number of unbranched alkanes of at least 4 members (excludes halogenated alkanes) is 1. The highest BCUT2D eigenvalue weighted by molar-refractivity contribution is 5.99. The number of carbonyl (C=O) groups excluding carboxylic acids is 3. The van der Waals surface area contributed by atoms with Crippen molar-refractivity contribution >= 4 is 17.8 Å². The van der Waals surface area contributed by atoms with Crippen molar-refractivity contribution in [1.82, 2.24) is 9.80 Å². The smallest absolute Gasteiger partial charge is 0.313 e. The molecule has 0 radical (unpaired) electrons. The van der Waals surface area contributed by atoms with Crippen molar-refractivity contribution < 1.29 is 29.0 Å². The summed E-state index contributed by atoms with van der Waals surface area (Å²) in [5, 5.41) is 10.0. The fraction of sp³-hybridized carbons (Fsp3) is 0.696. The van der Waals surface area contributed by atoms with Crippen LogP contribution in [0.5, 0.6) is 0 Å². The lowest BCUT2D eigenvalue weighted by molar-refractivity contribution is -0.159. The van der Waals surface area contributed by atoms with Gasteiger partial charge in [-0.1, -0.05) is 38.5 Å². The maximum absolute atomic E-state index is 13.8. The van der Waals surface area contributed by atoms with Gasteiger partial charge < -0.3 is 24.4 Å². The van der Waals surface area contributed by atoms with Crippen molar-refractivity contribution in [2.24, 2.45) is 11.8 Å². The average Bonchev–Trinajstić information content (AvgIpc) is 3.00. The molecule has 2 saturated heterocycles. The van der Waals surface area contributed by atoms with Gasteiger partial charge in [-0.3, -0.25) is 14.4 Å². The molecular formula is C23H32N2O6. The maximum Gasteiger partial charge on any atom is 0.313 e. The molecule has 2 amide bonds. The van der Waals surface area contributed by atoms with Crippen molar-refractivity contribution in [3.05, 3.63) is 24.3 Å². The lowest BCUT2D eigenvalue weighted by Crippen LogP contribution is -2.58. The molecule has 1 spiro atoms. The maximum atomic E-state index is 13.8. The Bertz CT molecular complexity index is 821. The Morgan fingerprint density at radius 2 is 1.94 bits per heavy atom. The third-order valence-electron chi connectivity index (χ3n) is 7.19. The van der Waals surface area contributed by atoms with Gasteiger partial charge in [0, 0.05) is 13.1 Å². The number of aliphatic hydroxyl groups is 1. The van der Waals surface area contributed by atoms with Gasteiger partial charge in [0.2, 0.25) is 11.8 Å². The van der Waals surface area contributed by atoms with Crippen LogP contribution in [-0.2, 0) is 23.9 Å². The van der Waals surface area contributed by atoms with Crippen molar-refractivity contribution in [3.63, 3.8) is 0 Å². The molecule has 2 fully saturated rings. The highest BCUT2D eigenvalue weighted by atomic mass is 16.6. The number of hydrogen-bond acceptors (Lipinski definition) is 6. The van der Waals surface area contributed by atoms with Crippen LogP contribution in [0.3, 0.4) is 0 Å². The quantitative estimate of drug-likeness (QED) is 0.498. The number of fused-ring (bicyclic) bond motifs is 2. The van der Waals surface area contributed by atoms with Crippen LogP contribution in [0.2, 0.25) is 0 Å². The second-order valence-corrected chi connectivity index (χ2v) is 9.06. The Morgan fingerprint density at radius 1 is 1.16 bits per heavy atom. The van der Waals surface area contributed by atoms with E-state index in [4.69, 9.17) is 9.47 Å². The molecule has 0 aromatic heterocycles. The van der Waals surface area contributed by atoms with E-state index < -0.39 is 41.1 Å². The van der Waals surface area contributed by atoms with Crippen LogP contribution in [0.1, 0.15) is 40.0 Å². The molecule has 4 heterocycles. The molecule has 6 atom stereocenters. The molecule has 4 aliphatic heterocycles. The molecule has 8 nitrogen and oxygen atoms in total. The highest BCUT2D eigenvalue weighted by Crippen LogP contribution is 2.57. The van der Waals surface area contributed by atoms with Gasteiger partial charge in [0.15, 0.2) is 0 Å². The molecule has 0 aliphatic carbocycles. The van der Waals surface area contributed by atoms with Gasteiger partial charge in [0.1, 0.15) is 24.2 Å². The summed E-state index contributed by atoms with van der Waals surface area (Å²) in [6.07, 6.45) is 9.48. The van der Waals surface area contributed by atoms with Gasteiger partial charge in [-0.2, -0.15) is 0 Å². The number of esters is 1. The number of aliphatic hydroxyl groups excluding tert-OH is 1. The zero-order chi connectivity index (χ0) is 22.4. The van der Waals surface area contributed by atoms with E-state index >= 15 is 0 Å². The summed E-state index contributed by atoms with van der Waals surface area (Å²) in [5.41, 5.74) is -2.33. The van der Waals surface area contributed by atoms with E-state index in [0.717, 1.165) is 12.8 Å². The monoisotopic (exact) mass is 432 g/mol. The Morgan fingerprint density at radius 3 is 2.61 bits per heavy atom. The molecule has 31 heavy (non-hydrogen) atoms. The second kappa shape index (κ2) is 8.06. The predicted molar refractivity (Wildman–Crippen MR) is 112 cm³/mol. The van der Waals surface area contributed by atoms with E-state index in [9.17, 15) is 19.5 Å². The molecule has 8 heteroatoms. The van der Waals surface area contributed by atoms with Crippen LogP contribution in [0.25, 0.3) is 0 Å². The SMILES string of the molecule is CCCCN1CC=C[C@]23O[C@@]4(C)C=CCOC(=O)[C@H]4[C@H]2C(=O)N([C@@H](CC)CO)C3C1=O. The molecule has 1 N–H and O–H groups in total. The van der Waals surface area contributed by atoms with Gasteiger partial charge in [-0.25, -0.2) is 0 Å². The van der Waals surface area contributed by atoms with Gasteiger partial charge in [0.25, 0.3) is 0 Å². The molecule has 1 unspecified atom stereocenters. The summed E-state index contributed by atoms with van der Waals surface area (Å²) in [5.74, 6) is -2.76. The Hall–Kier alpha value is -2.19. The largest absolute Gasteiger partial charge is 0.461 e. The van der Waals surface area contributed by atoms with Gasteiger partial charge in [0.05, 0.1) is 24.2 Å². The minimum atomic E-state index is -1.28. The molecule has 4 rings (SSSR count). The lowest BCUT2D eigenvalue weighted by atomic mass is 9.75. The molecule has 0 saturated carbocycles. The highest BCUT2D eigenvalue weighted by Gasteiger charge is 2.75. The van der Waals surface area contributed by atoms with Crippen LogP contribution in [0, 0.1) is 11.8 Å². The first-order chi connectivity index (χ1) is 14.8. The summed E-state index contributed by atoms with van der Waals surface area (Å²) in [4.78, 5) is 43.9. The first kappa shape index (κ1) is 22.0. The minimum Gasteiger partial charge on any atom is -0.461 e. The van der Waals surface area contributed by atoms with Crippen LogP contribution >= 0.6 is 0 Å². The number of carbonyl (C=O) groups is 3. The van der Waals surface area contributed by atoms with E-state index in [0.29, 0.717) is 19.5 Å². The zero-order valence-electron chi connectivity index (χ0n) is 18.5. The van der Waals surface area contributed by atoms with Crippen LogP contribution in [0.15, 0.2) is 24.3 Å². The lowest BCUT2D eigenvalue weighted by Gasteiger charge is -2.39. The number of rotatable bonds is 6. The van der Waals surface area contributed by atoms with Crippen LogP contribution < -0.4 is 0 Å². The van der Waals surface area contributed by atoms with E-state index in [2.05, 4.69) is 6.92 Å². The van der Waals surface area contributed by atoms with Crippen LogP contribution in [-0.4, -0.2) is 82.3 Å². The summed E-state index contributed by atoms with van der Waals surface area (Å²) in [6, 6.07) is -1.46. The summed E-state index contributed by atoms with van der Waals surface area (Å²) >= 11 is 0. The Balaban J connectivity index is 1.86. The van der Waals surface area contributed by atoms with E-state index in [1.54, 1.807) is 24.0 Å². The predicted octanol–water partition coefficient (Wildman–Crippen LogP) is 1.04. The number of cyclic esters (lactones) is 1. The Labute approximate surface area is 182 Å². The Kier molecular flexibility index (Phi) is 5.72. The van der Waals surface area contributed by atoms with E-state index in [1.165, 1.54) is 4.90 Å². The second-order valence-electron chi connectivity index (χ2n) is 9.06. The molecular weight excluding hydrogens is 400 g/mol. The molecule has 0 bridgehead atoms. The summed E-state index contributed by atoms with van der Waals surface area (Å²) in [6.45, 7) is 6.58. The molecule has 0 aromatic carbocycles. The number of hydrogen-bond donors (Lipinski definition) is 1. The molecule has 0 aromatic rings. The number of nitrogens with zero attached hydrogens (tertiary/aromatic N) is 2. The van der Waals surface area contributed by atoms with Gasteiger partial charge in [-0.15, -0.1) is 0 Å². The zero-order valence-corrected chi connectivity index (χ0v) is 18.5. The topological polar surface area (TPSA) is 96.4 Å². The third kappa shape index (κ3) is 3.14. The van der Waals surface area contributed by atoms with Crippen molar-refractivity contribution in [2.45, 2.75) is 63.3 Å². The fourth-order valence-corrected chi connectivity index (χ4v) is 5.70. The van der Waals surface area contributed by atoms with Crippen molar-refractivity contribution in [2.75, 3.05) is 26.3 Å². The van der Waals surface area contributed by atoms with Crippen molar-refractivity contribution in [3.8, 4) is 0 Å². The number of amides is 2. The molecule has 170 valence electrons.